The number of anilines is 1. The lowest BCUT2D eigenvalue weighted by Gasteiger charge is -2.09. The third-order valence-corrected chi connectivity index (χ3v) is 3.59. The number of hydrazone groups is 1. The Morgan fingerprint density at radius 3 is 2.67 bits per heavy atom. The number of nitrogens with zero attached hydrogens (tertiary/aromatic N) is 2. The number of aromatic nitrogens is 1. The van der Waals surface area contributed by atoms with Gasteiger partial charge in [-0.15, -0.1) is 0 Å². The van der Waals surface area contributed by atoms with Gasteiger partial charge in [-0.05, 0) is 66.3 Å². The normalized spacial score (nSPS) is 11.1. The Kier molecular flexibility index (Phi) is 5.41. The van der Waals surface area contributed by atoms with Crippen molar-refractivity contribution in [3.63, 3.8) is 0 Å². The molecule has 2 rings (SSSR count). The lowest BCUT2D eigenvalue weighted by Crippen LogP contribution is -2.25. The van der Waals surface area contributed by atoms with Crippen molar-refractivity contribution in [2.24, 2.45) is 5.10 Å². The van der Waals surface area contributed by atoms with Crippen LogP contribution >= 0.6 is 28.1 Å². The first-order valence-corrected chi connectivity index (χ1v) is 7.56. The van der Waals surface area contributed by atoms with Gasteiger partial charge in [-0.3, -0.25) is 10.4 Å². The fourth-order valence-electron chi connectivity index (χ4n) is 1.65. The molecule has 6 heteroatoms. The van der Waals surface area contributed by atoms with Gasteiger partial charge < -0.3 is 5.32 Å². The smallest absolute Gasteiger partial charge is 0.191 e. The molecule has 1 aromatic carbocycles. The zero-order chi connectivity index (χ0) is 15.2. The molecular weight excluding hydrogens is 348 g/mol. The predicted molar refractivity (Wildman–Crippen MR) is 94.7 cm³/mol. The first kappa shape index (κ1) is 15.6. The molecule has 0 unspecified atom stereocenters. The maximum atomic E-state index is 5.22. The molecule has 0 aliphatic heterocycles. The number of pyridine rings is 1. The molecule has 1 heterocycles. The minimum absolute atomic E-state index is 0.425. The van der Waals surface area contributed by atoms with Gasteiger partial charge in [-0.25, -0.2) is 0 Å². The van der Waals surface area contributed by atoms with Crippen LogP contribution < -0.4 is 10.7 Å². The quantitative estimate of drug-likeness (QED) is 0.494. The number of rotatable bonds is 3. The molecule has 0 bridgehead atoms. The van der Waals surface area contributed by atoms with Gasteiger partial charge in [0.2, 0.25) is 0 Å². The van der Waals surface area contributed by atoms with Crippen LogP contribution in [-0.2, 0) is 0 Å². The largest absolute Gasteiger partial charge is 0.330 e. The second-order valence-electron chi connectivity index (χ2n) is 4.41. The summed E-state index contributed by atoms with van der Waals surface area (Å²) in [7, 11) is 0. The van der Waals surface area contributed by atoms with Gasteiger partial charge in [0.25, 0.3) is 0 Å². The molecule has 0 saturated heterocycles. The maximum absolute atomic E-state index is 5.22. The highest BCUT2D eigenvalue weighted by Crippen LogP contribution is 2.20. The second kappa shape index (κ2) is 7.28. The van der Waals surface area contributed by atoms with Crippen molar-refractivity contribution in [2.75, 3.05) is 5.32 Å². The van der Waals surface area contributed by atoms with Gasteiger partial charge in [0.1, 0.15) is 0 Å². The van der Waals surface area contributed by atoms with Gasteiger partial charge >= 0.3 is 0 Å². The fourth-order valence-corrected chi connectivity index (χ4v) is 2.19. The summed E-state index contributed by atoms with van der Waals surface area (Å²) in [5.41, 5.74) is 6.26. The number of nitrogens with one attached hydrogen (secondary N) is 2. The lowest BCUT2D eigenvalue weighted by molar-refractivity contribution is 1.03. The zero-order valence-electron chi connectivity index (χ0n) is 11.7. The van der Waals surface area contributed by atoms with E-state index in [-0.39, 0.29) is 0 Å². The molecule has 0 atom stereocenters. The summed E-state index contributed by atoms with van der Waals surface area (Å²) in [6, 6.07) is 13.6. The molecule has 0 radical (unpaired) electrons. The van der Waals surface area contributed by atoms with Gasteiger partial charge in [0, 0.05) is 10.2 Å². The van der Waals surface area contributed by atoms with Crippen molar-refractivity contribution < 1.29 is 0 Å². The fraction of sp³-hybridized carbons (Fsp3) is 0.133. The van der Waals surface area contributed by atoms with Crippen molar-refractivity contribution >= 4 is 44.7 Å². The van der Waals surface area contributed by atoms with E-state index >= 15 is 0 Å². The van der Waals surface area contributed by atoms with Crippen LogP contribution in [0.2, 0.25) is 0 Å². The lowest BCUT2D eigenvalue weighted by atomic mass is 10.2. The number of thiocarbonyl (C=S) groups is 1. The minimum atomic E-state index is 0.425. The van der Waals surface area contributed by atoms with E-state index in [0.717, 1.165) is 27.3 Å². The van der Waals surface area contributed by atoms with Crippen LogP contribution in [0.25, 0.3) is 0 Å². The molecule has 0 spiro atoms. The summed E-state index contributed by atoms with van der Waals surface area (Å²) in [6.07, 6.45) is 0. The van der Waals surface area contributed by atoms with Gasteiger partial charge in [-0.1, -0.05) is 18.2 Å². The third kappa shape index (κ3) is 4.61. The van der Waals surface area contributed by atoms with Gasteiger partial charge in [-0.2, -0.15) is 5.10 Å². The summed E-state index contributed by atoms with van der Waals surface area (Å²) >= 11 is 8.67. The van der Waals surface area contributed by atoms with E-state index in [1.807, 2.05) is 56.3 Å². The minimum Gasteiger partial charge on any atom is -0.330 e. The van der Waals surface area contributed by atoms with Crippen molar-refractivity contribution in [3.05, 3.63) is 58.3 Å². The summed E-state index contributed by atoms with van der Waals surface area (Å²) in [4.78, 5) is 4.41. The van der Waals surface area contributed by atoms with Crippen molar-refractivity contribution in [3.8, 4) is 0 Å². The molecule has 4 nitrogen and oxygen atoms in total. The average molecular weight is 363 g/mol. The number of hydrogen-bond donors (Lipinski definition) is 2. The molecule has 21 heavy (non-hydrogen) atoms. The van der Waals surface area contributed by atoms with E-state index in [9.17, 15) is 0 Å². The Balaban J connectivity index is 2.00. The Labute approximate surface area is 137 Å². The van der Waals surface area contributed by atoms with Crippen molar-refractivity contribution in [1.29, 1.82) is 0 Å². The first-order valence-electron chi connectivity index (χ1n) is 6.36. The summed E-state index contributed by atoms with van der Waals surface area (Å²) in [5.74, 6) is 0. The van der Waals surface area contributed by atoms with E-state index in [1.54, 1.807) is 0 Å². The maximum Gasteiger partial charge on any atom is 0.191 e. The van der Waals surface area contributed by atoms with Crippen molar-refractivity contribution in [2.45, 2.75) is 13.8 Å². The number of aryl methyl sites for hydroxylation is 1. The van der Waals surface area contributed by atoms with Crippen LogP contribution in [0.1, 0.15) is 18.3 Å². The van der Waals surface area contributed by atoms with Crippen LogP contribution in [0.3, 0.4) is 0 Å². The number of benzene rings is 1. The average Bonchev–Trinajstić information content (AvgIpc) is 2.47. The summed E-state index contributed by atoms with van der Waals surface area (Å²) in [6.45, 7) is 3.83. The summed E-state index contributed by atoms with van der Waals surface area (Å²) < 4.78 is 0.940. The van der Waals surface area contributed by atoms with E-state index in [0.29, 0.717) is 5.11 Å². The van der Waals surface area contributed by atoms with Crippen LogP contribution in [0.5, 0.6) is 0 Å². The predicted octanol–water partition coefficient (Wildman–Crippen LogP) is 3.86. The van der Waals surface area contributed by atoms with Crippen LogP contribution in [0.4, 0.5) is 5.69 Å². The first-order chi connectivity index (χ1) is 10.1. The van der Waals surface area contributed by atoms with E-state index < -0.39 is 0 Å². The van der Waals surface area contributed by atoms with Gasteiger partial charge in [0.05, 0.1) is 17.1 Å². The zero-order valence-corrected chi connectivity index (χ0v) is 14.1. The molecule has 1 aromatic heterocycles. The van der Waals surface area contributed by atoms with Crippen LogP contribution in [0.15, 0.2) is 52.0 Å². The molecule has 0 saturated carbocycles. The van der Waals surface area contributed by atoms with Crippen molar-refractivity contribution in [1.82, 2.24) is 10.4 Å². The van der Waals surface area contributed by atoms with Crippen LogP contribution in [0, 0.1) is 6.92 Å². The van der Waals surface area contributed by atoms with Crippen LogP contribution in [-0.4, -0.2) is 15.8 Å². The Hall–Kier alpha value is -1.79. The number of halogens is 1. The second-order valence-corrected chi connectivity index (χ2v) is 5.67. The van der Waals surface area contributed by atoms with E-state index in [2.05, 4.69) is 36.8 Å². The van der Waals surface area contributed by atoms with E-state index in [1.165, 1.54) is 0 Å². The Bertz CT molecular complexity index is 685. The monoisotopic (exact) mass is 362 g/mol. The molecule has 0 fully saturated rings. The molecule has 2 N–H and O–H groups in total. The number of hydrogen-bond acceptors (Lipinski definition) is 3. The topological polar surface area (TPSA) is 49.3 Å². The highest BCUT2D eigenvalue weighted by Gasteiger charge is 2.02. The highest BCUT2D eigenvalue weighted by molar-refractivity contribution is 9.10. The molecular formula is C15H15BrN4S. The molecule has 108 valence electrons. The molecule has 0 aliphatic rings. The van der Waals surface area contributed by atoms with Gasteiger partial charge in [0.15, 0.2) is 5.11 Å². The highest BCUT2D eigenvalue weighted by atomic mass is 79.9. The standard InChI is InChI=1S/C15H15BrN4S/c1-10-6-5-9-13(17-10)11(2)19-20-15(21)18-14-8-4-3-7-12(14)16/h3-9H,1-2H3,(H2,18,20,21)/b19-11+. The van der Waals surface area contributed by atoms with E-state index in [4.69, 9.17) is 12.2 Å². The number of para-hydroxylation sites is 1. The Morgan fingerprint density at radius 2 is 1.95 bits per heavy atom. The molecule has 0 amide bonds. The third-order valence-electron chi connectivity index (χ3n) is 2.71. The molecule has 2 aromatic rings. The Morgan fingerprint density at radius 1 is 1.19 bits per heavy atom. The molecule has 0 aliphatic carbocycles. The SMILES string of the molecule is C/C(=N\NC(=S)Nc1ccccc1Br)c1cccc(C)n1. The summed E-state index contributed by atoms with van der Waals surface area (Å²) in [5, 5.41) is 7.75.